The van der Waals surface area contributed by atoms with Crippen molar-refractivity contribution in [3.05, 3.63) is 47.3 Å². The first-order chi connectivity index (χ1) is 9.65. The van der Waals surface area contributed by atoms with Gasteiger partial charge in [-0.15, -0.1) is 0 Å². The third-order valence-electron chi connectivity index (χ3n) is 3.34. The molecule has 5 nitrogen and oxygen atoms in total. The van der Waals surface area contributed by atoms with E-state index in [2.05, 4.69) is 22.4 Å². The first-order valence-electron chi connectivity index (χ1n) is 6.74. The molecule has 0 spiro atoms. The van der Waals surface area contributed by atoms with Crippen LogP contribution in [-0.2, 0) is 13.0 Å². The number of hydrazine groups is 1. The van der Waals surface area contributed by atoms with E-state index in [-0.39, 0.29) is 11.9 Å². The smallest absolute Gasteiger partial charge is 0.138 e. The fraction of sp³-hybridized carbons (Fsp3) is 0.429. The summed E-state index contributed by atoms with van der Waals surface area (Å²) in [6.45, 7) is 4.84. The molecular weight excluding hydrogens is 257 g/mol. The lowest BCUT2D eigenvalue weighted by molar-refractivity contribution is 0.495. The lowest BCUT2D eigenvalue weighted by Crippen LogP contribution is -2.31. The maximum atomic E-state index is 13.4. The van der Waals surface area contributed by atoms with Crippen LogP contribution in [-0.4, -0.2) is 14.8 Å². The van der Waals surface area contributed by atoms with Gasteiger partial charge in [-0.2, -0.15) is 5.10 Å². The first kappa shape index (κ1) is 14.6. The molecule has 2 aromatic rings. The molecule has 1 aromatic heterocycles. The van der Waals surface area contributed by atoms with Crippen molar-refractivity contribution in [3.8, 4) is 0 Å². The third kappa shape index (κ3) is 3.20. The molecule has 20 heavy (non-hydrogen) atoms. The Labute approximate surface area is 118 Å². The second kappa shape index (κ2) is 6.58. The normalized spacial score (nSPS) is 12.6. The predicted octanol–water partition coefficient (Wildman–Crippen LogP) is 1.88. The molecule has 6 heteroatoms. The zero-order valence-corrected chi connectivity index (χ0v) is 11.8. The lowest BCUT2D eigenvalue weighted by Gasteiger charge is -2.18. The van der Waals surface area contributed by atoms with Crippen LogP contribution in [0.1, 0.15) is 36.3 Å². The summed E-state index contributed by atoms with van der Waals surface area (Å²) < 4.78 is 15.3. The number of aromatic nitrogens is 3. The summed E-state index contributed by atoms with van der Waals surface area (Å²) in [6.07, 6.45) is 3.09. The monoisotopic (exact) mass is 277 g/mol. The number of nitrogens with zero attached hydrogens (tertiary/aromatic N) is 3. The molecule has 0 saturated heterocycles. The molecule has 3 N–H and O–H groups in total. The van der Waals surface area contributed by atoms with Crippen molar-refractivity contribution in [1.82, 2.24) is 20.2 Å². The summed E-state index contributed by atoms with van der Waals surface area (Å²) in [5.41, 5.74) is 4.59. The predicted molar refractivity (Wildman–Crippen MR) is 75.2 cm³/mol. The fourth-order valence-electron chi connectivity index (χ4n) is 2.27. The minimum Gasteiger partial charge on any atom is -0.271 e. The zero-order valence-electron chi connectivity index (χ0n) is 11.8. The number of halogens is 1. The van der Waals surface area contributed by atoms with E-state index >= 15 is 0 Å². The summed E-state index contributed by atoms with van der Waals surface area (Å²) in [6, 6.07) is 4.53. The van der Waals surface area contributed by atoms with E-state index in [1.807, 2.05) is 11.6 Å². The Morgan fingerprint density at radius 1 is 1.45 bits per heavy atom. The summed E-state index contributed by atoms with van der Waals surface area (Å²) in [7, 11) is 0. The van der Waals surface area contributed by atoms with Crippen LogP contribution in [0.25, 0.3) is 0 Å². The molecule has 0 bridgehead atoms. The number of hydrogen-bond donors (Lipinski definition) is 2. The van der Waals surface area contributed by atoms with Crippen molar-refractivity contribution in [3.63, 3.8) is 0 Å². The topological polar surface area (TPSA) is 68.8 Å². The molecule has 0 saturated carbocycles. The van der Waals surface area contributed by atoms with E-state index in [1.54, 1.807) is 6.07 Å². The Balaban J connectivity index is 2.24. The molecule has 1 atom stereocenters. The molecule has 1 heterocycles. The highest BCUT2D eigenvalue weighted by Gasteiger charge is 2.17. The average molecular weight is 277 g/mol. The fourth-order valence-corrected chi connectivity index (χ4v) is 2.27. The summed E-state index contributed by atoms with van der Waals surface area (Å²) in [5.74, 6) is 6.22. The van der Waals surface area contributed by atoms with Gasteiger partial charge in [0.2, 0.25) is 0 Å². The SMILES string of the molecule is CCCn1ncnc1CC(NN)c1cc(F)ccc1C. The van der Waals surface area contributed by atoms with E-state index in [0.29, 0.717) is 6.42 Å². The van der Waals surface area contributed by atoms with Crippen LogP contribution in [0.5, 0.6) is 0 Å². The number of nitrogens with one attached hydrogen (secondary N) is 1. The number of hydrogen-bond acceptors (Lipinski definition) is 4. The molecule has 0 fully saturated rings. The van der Waals surface area contributed by atoms with Gasteiger partial charge in [-0.25, -0.2) is 9.37 Å². The molecular formula is C14H20FN5. The van der Waals surface area contributed by atoms with Crippen LogP contribution in [0, 0.1) is 12.7 Å². The van der Waals surface area contributed by atoms with Gasteiger partial charge >= 0.3 is 0 Å². The number of rotatable bonds is 6. The van der Waals surface area contributed by atoms with Crippen molar-refractivity contribution in [2.45, 2.75) is 39.3 Å². The van der Waals surface area contributed by atoms with Gasteiger partial charge in [0.15, 0.2) is 0 Å². The van der Waals surface area contributed by atoms with Gasteiger partial charge < -0.3 is 0 Å². The molecule has 0 radical (unpaired) electrons. The molecule has 1 aromatic carbocycles. The van der Waals surface area contributed by atoms with E-state index in [4.69, 9.17) is 5.84 Å². The second-order valence-corrected chi connectivity index (χ2v) is 4.82. The minimum atomic E-state index is -0.263. The Bertz CT molecular complexity index is 566. The summed E-state index contributed by atoms with van der Waals surface area (Å²) in [5, 5.41) is 4.19. The van der Waals surface area contributed by atoms with Crippen molar-refractivity contribution in [1.29, 1.82) is 0 Å². The van der Waals surface area contributed by atoms with Crippen LogP contribution in [0.4, 0.5) is 4.39 Å². The maximum Gasteiger partial charge on any atom is 0.138 e. The van der Waals surface area contributed by atoms with Gasteiger partial charge in [0.25, 0.3) is 0 Å². The summed E-state index contributed by atoms with van der Waals surface area (Å²) in [4.78, 5) is 4.26. The molecule has 108 valence electrons. The molecule has 0 amide bonds. The van der Waals surface area contributed by atoms with E-state index in [1.165, 1.54) is 18.5 Å². The average Bonchev–Trinajstić information content (AvgIpc) is 2.87. The van der Waals surface area contributed by atoms with Crippen molar-refractivity contribution in [2.75, 3.05) is 0 Å². The second-order valence-electron chi connectivity index (χ2n) is 4.82. The van der Waals surface area contributed by atoms with Gasteiger partial charge in [0, 0.05) is 13.0 Å². The van der Waals surface area contributed by atoms with Crippen LogP contribution < -0.4 is 11.3 Å². The van der Waals surface area contributed by atoms with E-state index in [9.17, 15) is 4.39 Å². The maximum absolute atomic E-state index is 13.4. The van der Waals surface area contributed by atoms with Gasteiger partial charge in [0.05, 0.1) is 6.04 Å². The van der Waals surface area contributed by atoms with Gasteiger partial charge in [-0.05, 0) is 36.6 Å². The molecule has 2 rings (SSSR count). The quantitative estimate of drug-likeness (QED) is 0.625. The van der Waals surface area contributed by atoms with Crippen LogP contribution in [0.2, 0.25) is 0 Å². The van der Waals surface area contributed by atoms with Gasteiger partial charge in [-0.1, -0.05) is 13.0 Å². The van der Waals surface area contributed by atoms with Crippen molar-refractivity contribution in [2.24, 2.45) is 5.84 Å². The Kier molecular flexibility index (Phi) is 4.81. The van der Waals surface area contributed by atoms with Crippen LogP contribution >= 0.6 is 0 Å². The minimum absolute atomic E-state index is 0.189. The zero-order chi connectivity index (χ0) is 14.5. The largest absolute Gasteiger partial charge is 0.271 e. The molecule has 0 aliphatic heterocycles. The van der Waals surface area contributed by atoms with Gasteiger partial charge in [-0.3, -0.25) is 16.0 Å². The van der Waals surface area contributed by atoms with Crippen molar-refractivity contribution >= 4 is 0 Å². The number of nitrogens with two attached hydrogens (primary N) is 1. The molecule has 0 aliphatic carbocycles. The number of benzene rings is 1. The first-order valence-corrected chi connectivity index (χ1v) is 6.74. The lowest BCUT2D eigenvalue weighted by atomic mass is 9.99. The van der Waals surface area contributed by atoms with E-state index < -0.39 is 0 Å². The Hall–Kier alpha value is -1.79. The van der Waals surface area contributed by atoms with Crippen molar-refractivity contribution < 1.29 is 4.39 Å². The highest BCUT2D eigenvalue weighted by molar-refractivity contribution is 5.30. The highest BCUT2D eigenvalue weighted by atomic mass is 19.1. The van der Waals surface area contributed by atoms with E-state index in [0.717, 1.165) is 29.9 Å². The third-order valence-corrected chi connectivity index (χ3v) is 3.34. The Morgan fingerprint density at radius 2 is 2.25 bits per heavy atom. The van der Waals surface area contributed by atoms with Gasteiger partial charge in [0.1, 0.15) is 18.0 Å². The number of aryl methyl sites for hydroxylation is 2. The standard InChI is InChI=1S/C14H20FN5/c1-3-6-20-14(17-9-18-20)8-13(19-16)12-7-11(15)5-4-10(12)2/h4-5,7,9,13,19H,3,6,8,16H2,1-2H3. The molecule has 0 aliphatic rings. The summed E-state index contributed by atoms with van der Waals surface area (Å²) >= 11 is 0. The molecule has 1 unspecified atom stereocenters. The highest BCUT2D eigenvalue weighted by Crippen LogP contribution is 2.21. The Morgan fingerprint density at radius 3 is 2.95 bits per heavy atom. The van der Waals surface area contributed by atoms with Crippen LogP contribution in [0.15, 0.2) is 24.5 Å². The van der Waals surface area contributed by atoms with Crippen LogP contribution in [0.3, 0.4) is 0 Å².